The van der Waals surface area contributed by atoms with Crippen LogP contribution >= 0.6 is 0 Å². The molecule has 1 aromatic heterocycles. The number of aliphatic imine (C=N–C) groups is 1. The van der Waals surface area contributed by atoms with Crippen LogP contribution in [0.2, 0.25) is 0 Å². The number of pyridine rings is 1. The van der Waals surface area contributed by atoms with E-state index in [1.807, 2.05) is 18.3 Å². The lowest BCUT2D eigenvalue weighted by Gasteiger charge is -2.23. The number of guanidine groups is 1. The van der Waals surface area contributed by atoms with Gasteiger partial charge in [-0.25, -0.2) is 4.99 Å². The number of benzene rings is 1. The smallest absolute Gasteiger partial charge is 0.188 e. The molecule has 23 heavy (non-hydrogen) atoms. The summed E-state index contributed by atoms with van der Waals surface area (Å²) in [5.41, 5.74) is 8.16. The van der Waals surface area contributed by atoms with Gasteiger partial charge in [-0.15, -0.1) is 0 Å². The van der Waals surface area contributed by atoms with Gasteiger partial charge in [0.25, 0.3) is 0 Å². The molecular weight excluding hydrogens is 286 g/mol. The van der Waals surface area contributed by atoms with Crippen molar-refractivity contribution >= 4 is 16.9 Å². The van der Waals surface area contributed by atoms with E-state index < -0.39 is 0 Å². The number of fused-ring (bicyclic) bond motifs is 1. The molecule has 1 aromatic carbocycles. The van der Waals surface area contributed by atoms with Crippen molar-refractivity contribution in [1.82, 2.24) is 15.2 Å². The summed E-state index contributed by atoms with van der Waals surface area (Å²) in [7, 11) is 0. The van der Waals surface area contributed by atoms with Gasteiger partial charge < -0.3 is 11.1 Å². The second-order valence-electron chi connectivity index (χ2n) is 6.04. The summed E-state index contributed by atoms with van der Waals surface area (Å²) >= 11 is 0. The molecule has 2 heterocycles. The van der Waals surface area contributed by atoms with Gasteiger partial charge in [-0.1, -0.05) is 19.1 Å². The third kappa shape index (κ3) is 3.99. The molecule has 2 aromatic rings. The van der Waals surface area contributed by atoms with E-state index in [0.717, 1.165) is 29.6 Å². The van der Waals surface area contributed by atoms with E-state index in [9.17, 15) is 0 Å². The number of nitrogens with zero attached hydrogens (tertiary/aromatic N) is 3. The number of likely N-dealkylation sites (N-methyl/N-ethyl adjacent to an activating group) is 1. The normalized spacial score (nSPS) is 19.3. The zero-order chi connectivity index (χ0) is 16.1. The van der Waals surface area contributed by atoms with Crippen molar-refractivity contribution in [1.29, 1.82) is 0 Å². The Kier molecular flexibility index (Phi) is 5.08. The van der Waals surface area contributed by atoms with E-state index in [4.69, 9.17) is 5.73 Å². The molecule has 0 amide bonds. The van der Waals surface area contributed by atoms with E-state index in [-0.39, 0.29) is 0 Å². The summed E-state index contributed by atoms with van der Waals surface area (Å²) < 4.78 is 0. The van der Waals surface area contributed by atoms with E-state index in [1.165, 1.54) is 19.4 Å². The Morgan fingerprint density at radius 1 is 1.43 bits per heavy atom. The minimum Gasteiger partial charge on any atom is -0.370 e. The monoisotopic (exact) mass is 311 g/mol. The van der Waals surface area contributed by atoms with E-state index in [0.29, 0.717) is 18.5 Å². The Morgan fingerprint density at radius 2 is 2.35 bits per heavy atom. The van der Waals surface area contributed by atoms with Crippen molar-refractivity contribution in [3.8, 4) is 0 Å². The molecule has 3 rings (SSSR count). The largest absolute Gasteiger partial charge is 0.370 e. The van der Waals surface area contributed by atoms with Gasteiger partial charge >= 0.3 is 0 Å². The fraction of sp³-hybridized carbons (Fsp3) is 0.444. The van der Waals surface area contributed by atoms with Crippen molar-refractivity contribution < 1.29 is 0 Å². The summed E-state index contributed by atoms with van der Waals surface area (Å²) in [5, 5.41) is 4.41. The summed E-state index contributed by atoms with van der Waals surface area (Å²) in [5.74, 6) is 0.527. The molecule has 0 bridgehead atoms. The SMILES string of the molecule is CCN1CCCC1CNC(N)=NCc1ccc2ncccc2c1. The van der Waals surface area contributed by atoms with Crippen LogP contribution in [0.1, 0.15) is 25.3 Å². The van der Waals surface area contributed by atoms with Crippen LogP contribution in [-0.4, -0.2) is 41.5 Å². The van der Waals surface area contributed by atoms with Crippen molar-refractivity contribution in [2.24, 2.45) is 10.7 Å². The standard InChI is InChI=1S/C18H25N5/c1-2-23-10-4-6-16(23)13-22-18(19)21-12-14-7-8-17-15(11-14)5-3-9-20-17/h3,5,7-9,11,16H,2,4,6,10,12-13H2,1H3,(H3,19,21,22). The van der Waals surface area contributed by atoms with Crippen molar-refractivity contribution in [3.05, 3.63) is 42.1 Å². The van der Waals surface area contributed by atoms with Gasteiger partial charge in [-0.2, -0.15) is 0 Å². The topological polar surface area (TPSA) is 66.5 Å². The Balaban J connectivity index is 1.55. The fourth-order valence-corrected chi connectivity index (χ4v) is 3.22. The lowest BCUT2D eigenvalue weighted by atomic mass is 10.1. The van der Waals surface area contributed by atoms with Gasteiger partial charge in [0.15, 0.2) is 5.96 Å². The maximum atomic E-state index is 6.01. The molecule has 1 fully saturated rings. The van der Waals surface area contributed by atoms with Gasteiger partial charge in [0, 0.05) is 24.2 Å². The number of aromatic nitrogens is 1. The van der Waals surface area contributed by atoms with Crippen molar-refractivity contribution in [2.75, 3.05) is 19.6 Å². The molecule has 0 radical (unpaired) electrons. The van der Waals surface area contributed by atoms with Crippen LogP contribution in [0, 0.1) is 0 Å². The van der Waals surface area contributed by atoms with E-state index in [1.54, 1.807) is 0 Å². The molecule has 1 atom stereocenters. The molecule has 1 saturated heterocycles. The number of hydrogen-bond acceptors (Lipinski definition) is 3. The molecule has 5 nitrogen and oxygen atoms in total. The zero-order valence-electron chi connectivity index (χ0n) is 13.7. The lowest BCUT2D eigenvalue weighted by molar-refractivity contribution is 0.267. The first-order valence-electron chi connectivity index (χ1n) is 8.38. The Bertz CT molecular complexity index is 682. The number of hydrogen-bond donors (Lipinski definition) is 2. The number of likely N-dealkylation sites (tertiary alicyclic amines) is 1. The van der Waals surface area contributed by atoms with E-state index >= 15 is 0 Å². The third-order valence-corrected chi connectivity index (χ3v) is 4.52. The minimum absolute atomic E-state index is 0.527. The number of rotatable bonds is 5. The van der Waals surface area contributed by atoms with Crippen LogP contribution in [0.5, 0.6) is 0 Å². The highest BCUT2D eigenvalue weighted by atomic mass is 15.2. The Hall–Kier alpha value is -2.14. The highest BCUT2D eigenvalue weighted by Gasteiger charge is 2.22. The molecular formula is C18H25N5. The van der Waals surface area contributed by atoms with Gasteiger partial charge in [-0.3, -0.25) is 9.88 Å². The van der Waals surface area contributed by atoms with Crippen LogP contribution in [0.4, 0.5) is 0 Å². The van der Waals surface area contributed by atoms with Gasteiger partial charge in [0.1, 0.15) is 0 Å². The maximum absolute atomic E-state index is 6.01. The first kappa shape index (κ1) is 15.7. The first-order chi connectivity index (χ1) is 11.3. The predicted molar refractivity (Wildman–Crippen MR) is 95.3 cm³/mol. The quantitative estimate of drug-likeness (QED) is 0.656. The van der Waals surface area contributed by atoms with Gasteiger partial charge in [0.05, 0.1) is 12.1 Å². The van der Waals surface area contributed by atoms with Crippen molar-refractivity contribution in [2.45, 2.75) is 32.4 Å². The molecule has 5 heteroatoms. The summed E-state index contributed by atoms with van der Waals surface area (Å²) in [6.07, 6.45) is 4.33. The van der Waals surface area contributed by atoms with Crippen LogP contribution in [0.15, 0.2) is 41.5 Å². The average Bonchev–Trinajstić information content (AvgIpc) is 3.05. The first-order valence-corrected chi connectivity index (χ1v) is 8.38. The number of nitrogens with one attached hydrogen (secondary N) is 1. The molecule has 0 aliphatic carbocycles. The van der Waals surface area contributed by atoms with Crippen LogP contribution in [0.3, 0.4) is 0 Å². The molecule has 3 N–H and O–H groups in total. The fourth-order valence-electron chi connectivity index (χ4n) is 3.22. The van der Waals surface area contributed by atoms with Crippen molar-refractivity contribution in [3.63, 3.8) is 0 Å². The average molecular weight is 311 g/mol. The van der Waals surface area contributed by atoms with Gasteiger partial charge in [0.2, 0.25) is 0 Å². The molecule has 0 saturated carbocycles. The predicted octanol–water partition coefficient (Wildman–Crippen LogP) is 2.12. The highest BCUT2D eigenvalue weighted by molar-refractivity contribution is 5.79. The Labute approximate surface area is 137 Å². The maximum Gasteiger partial charge on any atom is 0.188 e. The molecule has 122 valence electrons. The minimum atomic E-state index is 0.527. The van der Waals surface area contributed by atoms with Gasteiger partial charge in [-0.05, 0) is 49.7 Å². The molecule has 1 aliphatic rings. The lowest BCUT2D eigenvalue weighted by Crippen LogP contribution is -2.42. The molecule has 1 aliphatic heterocycles. The second kappa shape index (κ2) is 7.42. The Morgan fingerprint density at radius 3 is 3.22 bits per heavy atom. The summed E-state index contributed by atoms with van der Waals surface area (Å²) in [6.45, 7) is 5.99. The zero-order valence-corrected chi connectivity index (χ0v) is 13.7. The molecule has 0 spiro atoms. The van der Waals surface area contributed by atoms with Crippen LogP contribution in [-0.2, 0) is 6.54 Å². The summed E-state index contributed by atoms with van der Waals surface area (Å²) in [6, 6.07) is 10.8. The van der Waals surface area contributed by atoms with Crippen LogP contribution in [0.25, 0.3) is 10.9 Å². The summed E-state index contributed by atoms with van der Waals surface area (Å²) in [4.78, 5) is 11.3. The second-order valence-corrected chi connectivity index (χ2v) is 6.04. The van der Waals surface area contributed by atoms with E-state index in [2.05, 4.69) is 45.3 Å². The van der Waals surface area contributed by atoms with Crippen LogP contribution < -0.4 is 11.1 Å². The molecule has 1 unspecified atom stereocenters. The highest BCUT2D eigenvalue weighted by Crippen LogP contribution is 2.16. The number of nitrogens with two attached hydrogens (primary N) is 1. The third-order valence-electron chi connectivity index (χ3n) is 4.52.